The molecule has 25 heavy (non-hydrogen) atoms. The average Bonchev–Trinajstić information content (AvgIpc) is 3.30. The van der Waals surface area contributed by atoms with Gasteiger partial charge in [0, 0.05) is 18.3 Å². The van der Waals surface area contributed by atoms with Gasteiger partial charge in [0.25, 0.3) is 5.91 Å². The Kier molecular flexibility index (Phi) is 4.05. The summed E-state index contributed by atoms with van der Waals surface area (Å²) in [5, 5.41) is 14.7. The van der Waals surface area contributed by atoms with Crippen molar-refractivity contribution >= 4 is 11.9 Å². The maximum Gasteiger partial charge on any atom is 0.322 e. The van der Waals surface area contributed by atoms with E-state index in [0.29, 0.717) is 18.1 Å². The van der Waals surface area contributed by atoms with Crippen LogP contribution < -0.4 is 5.32 Å². The molecular formula is C18H19N5O2. The fourth-order valence-corrected chi connectivity index (χ4v) is 3.20. The van der Waals surface area contributed by atoms with Crippen molar-refractivity contribution in [3.63, 3.8) is 0 Å². The SMILES string of the molecule is CCn1nccc1C(=O)Nc1nnc(-c2ccc3c(c2)CCCC3)o1. The molecule has 7 nitrogen and oxygen atoms in total. The Morgan fingerprint density at radius 1 is 1.20 bits per heavy atom. The van der Waals surface area contributed by atoms with Crippen molar-refractivity contribution in [2.45, 2.75) is 39.2 Å². The molecule has 0 saturated carbocycles. The topological polar surface area (TPSA) is 85.8 Å². The highest BCUT2D eigenvalue weighted by Crippen LogP contribution is 2.27. The minimum atomic E-state index is -0.319. The molecular weight excluding hydrogens is 318 g/mol. The second kappa shape index (κ2) is 6.51. The standard InChI is InChI=1S/C18H19N5O2/c1-2-23-15(9-10-19-23)16(24)20-18-22-21-17(25-18)14-8-7-12-5-3-4-6-13(12)11-14/h7-11H,2-6H2,1H3,(H,20,22,24). The molecule has 2 aromatic heterocycles. The van der Waals surface area contributed by atoms with E-state index in [9.17, 15) is 4.79 Å². The van der Waals surface area contributed by atoms with E-state index < -0.39 is 0 Å². The van der Waals surface area contributed by atoms with Crippen molar-refractivity contribution in [3.8, 4) is 11.5 Å². The molecule has 128 valence electrons. The van der Waals surface area contributed by atoms with Crippen LogP contribution in [-0.2, 0) is 19.4 Å². The van der Waals surface area contributed by atoms with Crippen LogP contribution in [0.1, 0.15) is 41.4 Å². The van der Waals surface area contributed by atoms with Gasteiger partial charge in [0.1, 0.15) is 5.69 Å². The van der Waals surface area contributed by atoms with Gasteiger partial charge in [-0.2, -0.15) is 5.10 Å². The first-order valence-corrected chi connectivity index (χ1v) is 8.53. The van der Waals surface area contributed by atoms with Crippen LogP contribution >= 0.6 is 0 Å². The fourth-order valence-electron chi connectivity index (χ4n) is 3.20. The minimum absolute atomic E-state index is 0.0848. The lowest BCUT2D eigenvalue weighted by atomic mass is 9.90. The predicted molar refractivity (Wildman–Crippen MR) is 92.2 cm³/mol. The predicted octanol–water partition coefficient (Wildman–Crippen LogP) is 3.08. The van der Waals surface area contributed by atoms with Crippen molar-refractivity contribution in [2.75, 3.05) is 5.32 Å². The summed E-state index contributed by atoms with van der Waals surface area (Å²) in [4.78, 5) is 12.3. The second-order valence-electron chi connectivity index (χ2n) is 6.09. The van der Waals surface area contributed by atoms with Crippen molar-refractivity contribution in [1.82, 2.24) is 20.0 Å². The summed E-state index contributed by atoms with van der Waals surface area (Å²) in [6, 6.07) is 7.97. The van der Waals surface area contributed by atoms with Gasteiger partial charge in [-0.15, -0.1) is 5.10 Å². The molecule has 0 spiro atoms. The minimum Gasteiger partial charge on any atom is -0.403 e. The quantitative estimate of drug-likeness (QED) is 0.790. The number of rotatable bonds is 4. The van der Waals surface area contributed by atoms with E-state index in [2.05, 4.69) is 32.7 Å². The third-order valence-corrected chi connectivity index (χ3v) is 4.49. The van der Waals surface area contributed by atoms with Crippen molar-refractivity contribution in [2.24, 2.45) is 0 Å². The zero-order valence-electron chi connectivity index (χ0n) is 14.0. The van der Waals surface area contributed by atoms with Gasteiger partial charge < -0.3 is 4.42 Å². The summed E-state index contributed by atoms with van der Waals surface area (Å²) >= 11 is 0. The molecule has 1 aliphatic carbocycles. The van der Waals surface area contributed by atoms with Crippen LogP contribution in [0.2, 0.25) is 0 Å². The van der Waals surface area contributed by atoms with E-state index in [4.69, 9.17) is 4.42 Å². The maximum atomic E-state index is 12.3. The summed E-state index contributed by atoms with van der Waals surface area (Å²) < 4.78 is 7.23. The first kappa shape index (κ1) is 15.6. The smallest absolute Gasteiger partial charge is 0.322 e. The van der Waals surface area contributed by atoms with Crippen molar-refractivity contribution in [3.05, 3.63) is 47.3 Å². The average molecular weight is 337 g/mol. The maximum absolute atomic E-state index is 12.3. The number of aromatic nitrogens is 4. The molecule has 7 heteroatoms. The lowest BCUT2D eigenvalue weighted by molar-refractivity contribution is 0.101. The van der Waals surface area contributed by atoms with E-state index >= 15 is 0 Å². The van der Waals surface area contributed by atoms with Gasteiger partial charge in [0.05, 0.1) is 0 Å². The number of amides is 1. The van der Waals surface area contributed by atoms with Crippen LogP contribution in [0.15, 0.2) is 34.9 Å². The number of carbonyl (C=O) groups excluding carboxylic acids is 1. The molecule has 1 N–H and O–H groups in total. The first-order chi connectivity index (χ1) is 12.2. The largest absolute Gasteiger partial charge is 0.403 e. The Morgan fingerprint density at radius 3 is 2.88 bits per heavy atom. The molecule has 0 bridgehead atoms. The molecule has 0 aliphatic heterocycles. The summed E-state index contributed by atoms with van der Waals surface area (Å²) in [5.41, 5.74) is 4.08. The van der Waals surface area contributed by atoms with Crippen molar-refractivity contribution in [1.29, 1.82) is 0 Å². The highest BCUT2D eigenvalue weighted by Gasteiger charge is 2.17. The number of nitrogens with zero attached hydrogens (tertiary/aromatic N) is 4. The molecule has 0 saturated heterocycles. The summed E-state index contributed by atoms with van der Waals surface area (Å²) in [7, 11) is 0. The van der Waals surface area contributed by atoms with Crippen LogP contribution in [0.5, 0.6) is 0 Å². The van der Waals surface area contributed by atoms with Gasteiger partial charge >= 0.3 is 6.01 Å². The second-order valence-corrected chi connectivity index (χ2v) is 6.09. The van der Waals surface area contributed by atoms with Crippen LogP contribution in [0.4, 0.5) is 6.01 Å². The molecule has 0 radical (unpaired) electrons. The van der Waals surface area contributed by atoms with Gasteiger partial charge in [-0.05, 0) is 61.9 Å². The Balaban J connectivity index is 1.53. The number of hydrogen-bond donors (Lipinski definition) is 1. The third-order valence-electron chi connectivity index (χ3n) is 4.49. The molecule has 1 aromatic carbocycles. The van der Waals surface area contributed by atoms with Gasteiger partial charge in [-0.3, -0.25) is 14.8 Å². The van der Waals surface area contributed by atoms with Gasteiger partial charge in [0.2, 0.25) is 5.89 Å². The van der Waals surface area contributed by atoms with E-state index in [1.165, 1.54) is 24.0 Å². The van der Waals surface area contributed by atoms with Gasteiger partial charge in [0.15, 0.2) is 0 Å². The number of aryl methyl sites for hydroxylation is 3. The number of nitrogens with one attached hydrogen (secondary N) is 1. The van der Waals surface area contributed by atoms with E-state index in [0.717, 1.165) is 18.4 Å². The highest BCUT2D eigenvalue weighted by atomic mass is 16.4. The first-order valence-electron chi connectivity index (χ1n) is 8.53. The van der Waals surface area contributed by atoms with E-state index in [1.807, 2.05) is 13.0 Å². The molecule has 4 rings (SSSR count). The molecule has 1 amide bonds. The van der Waals surface area contributed by atoms with Gasteiger partial charge in [-0.25, -0.2) is 0 Å². The van der Waals surface area contributed by atoms with Crippen LogP contribution in [0, 0.1) is 0 Å². The lowest BCUT2D eigenvalue weighted by Gasteiger charge is -2.15. The number of benzene rings is 1. The van der Waals surface area contributed by atoms with Crippen LogP contribution in [-0.4, -0.2) is 25.9 Å². The Hall–Kier alpha value is -2.96. The summed E-state index contributed by atoms with van der Waals surface area (Å²) in [6.07, 6.45) is 6.27. The number of hydrogen-bond acceptors (Lipinski definition) is 5. The molecule has 0 fully saturated rings. The molecule has 0 unspecified atom stereocenters. The van der Waals surface area contributed by atoms with Crippen LogP contribution in [0.25, 0.3) is 11.5 Å². The summed E-state index contributed by atoms with van der Waals surface area (Å²) in [5.74, 6) is 0.0904. The van der Waals surface area contributed by atoms with E-state index in [1.54, 1.807) is 16.9 Å². The fraction of sp³-hybridized carbons (Fsp3) is 0.333. The molecule has 0 atom stereocenters. The zero-order chi connectivity index (χ0) is 17.2. The third kappa shape index (κ3) is 3.05. The normalized spacial score (nSPS) is 13.5. The van der Waals surface area contributed by atoms with E-state index in [-0.39, 0.29) is 11.9 Å². The molecule has 1 aliphatic rings. The lowest BCUT2D eigenvalue weighted by Crippen LogP contribution is -2.17. The van der Waals surface area contributed by atoms with Gasteiger partial charge in [-0.1, -0.05) is 11.2 Å². The zero-order valence-corrected chi connectivity index (χ0v) is 14.0. The number of carbonyl (C=O) groups is 1. The van der Waals surface area contributed by atoms with Crippen LogP contribution in [0.3, 0.4) is 0 Å². The Morgan fingerprint density at radius 2 is 2.04 bits per heavy atom. The number of anilines is 1. The Bertz CT molecular complexity index is 912. The summed E-state index contributed by atoms with van der Waals surface area (Å²) in [6.45, 7) is 2.53. The van der Waals surface area contributed by atoms with Crippen molar-refractivity contribution < 1.29 is 9.21 Å². The molecule has 3 aromatic rings. The molecule has 2 heterocycles. The Labute approximate surface area is 145 Å². The number of fused-ring (bicyclic) bond motifs is 1. The monoisotopic (exact) mass is 337 g/mol. The highest BCUT2D eigenvalue weighted by molar-refractivity contribution is 6.01.